The lowest BCUT2D eigenvalue weighted by Gasteiger charge is -2.13. The molecule has 1 atom stereocenters. The average Bonchev–Trinajstić information content (AvgIpc) is 3.54. The fourth-order valence-corrected chi connectivity index (χ4v) is 5.16. The van der Waals surface area contributed by atoms with Crippen molar-refractivity contribution in [3.63, 3.8) is 0 Å². The van der Waals surface area contributed by atoms with Gasteiger partial charge in [-0.05, 0) is 43.3 Å². The first-order valence-corrected chi connectivity index (χ1v) is 13.3. The second-order valence-corrected chi connectivity index (χ2v) is 10.7. The van der Waals surface area contributed by atoms with E-state index in [0.29, 0.717) is 11.4 Å². The number of sulfonamides is 1. The predicted molar refractivity (Wildman–Crippen MR) is 137 cm³/mol. The summed E-state index contributed by atoms with van der Waals surface area (Å²) in [5.41, 5.74) is 6.17. The van der Waals surface area contributed by atoms with Crippen molar-refractivity contribution in [3.05, 3.63) is 82.8 Å². The number of thiazole rings is 1. The largest absolute Gasteiger partial charge is 0.490 e. The molecule has 0 aliphatic carbocycles. The van der Waals surface area contributed by atoms with E-state index in [1.165, 1.54) is 36.8 Å². The van der Waals surface area contributed by atoms with Crippen LogP contribution in [0.15, 0.2) is 59.9 Å². The number of imidazole rings is 1. The number of alkyl halides is 3. The van der Waals surface area contributed by atoms with Gasteiger partial charge in [0.25, 0.3) is 0 Å². The number of aromatic nitrogens is 3. The van der Waals surface area contributed by atoms with E-state index in [1.807, 2.05) is 0 Å². The minimum absolute atomic E-state index is 0.0361. The second kappa shape index (κ2) is 12.4. The maximum absolute atomic E-state index is 14.0. The van der Waals surface area contributed by atoms with Crippen molar-refractivity contribution in [1.82, 2.24) is 19.7 Å². The molecule has 2 aromatic heterocycles. The Labute approximate surface area is 232 Å². The number of carboxylic acids is 1. The molecule has 0 fully saturated rings. The van der Waals surface area contributed by atoms with Crippen molar-refractivity contribution in [2.45, 2.75) is 24.0 Å². The van der Waals surface area contributed by atoms with Crippen LogP contribution in [0.3, 0.4) is 0 Å². The van der Waals surface area contributed by atoms with E-state index in [0.717, 1.165) is 29.5 Å². The number of carbonyl (C=O) groups is 2. The summed E-state index contributed by atoms with van der Waals surface area (Å²) in [4.78, 5) is 32.2. The number of hydrogen-bond donors (Lipinski definition) is 5. The van der Waals surface area contributed by atoms with Gasteiger partial charge >= 0.3 is 12.1 Å². The number of halogens is 5. The zero-order valence-corrected chi connectivity index (χ0v) is 22.2. The SMILES string of the molecule is CC(NS(=O)(=O)c1ccc(Nc2nc(N)c(C(=O)c3c(F)cccc3F)s2)cc1)c1cnc[nH]1.O=C(O)C(F)(F)F. The van der Waals surface area contributed by atoms with Crippen LogP contribution >= 0.6 is 11.3 Å². The van der Waals surface area contributed by atoms with Crippen molar-refractivity contribution < 1.29 is 45.1 Å². The van der Waals surface area contributed by atoms with Gasteiger partial charge in [0.15, 0.2) is 5.13 Å². The van der Waals surface area contributed by atoms with Gasteiger partial charge < -0.3 is 21.1 Å². The molecule has 4 rings (SSSR count). The molecular weight excluding hydrogens is 599 g/mol. The molecular formula is C23H19F5N6O5S2. The molecule has 0 aliphatic heterocycles. The van der Waals surface area contributed by atoms with E-state index in [1.54, 1.807) is 6.92 Å². The van der Waals surface area contributed by atoms with E-state index in [-0.39, 0.29) is 20.7 Å². The van der Waals surface area contributed by atoms with Gasteiger partial charge in [0.1, 0.15) is 22.3 Å². The molecule has 0 spiro atoms. The maximum atomic E-state index is 14.0. The Kier molecular flexibility index (Phi) is 9.41. The topological polar surface area (TPSA) is 180 Å². The molecule has 6 N–H and O–H groups in total. The number of H-pyrrole nitrogens is 1. The lowest BCUT2D eigenvalue weighted by Crippen LogP contribution is -2.27. The van der Waals surface area contributed by atoms with Crippen molar-refractivity contribution in [1.29, 1.82) is 0 Å². The van der Waals surface area contributed by atoms with Gasteiger partial charge in [-0.2, -0.15) is 13.2 Å². The Morgan fingerprint density at radius 2 is 1.68 bits per heavy atom. The Morgan fingerprint density at radius 1 is 1.10 bits per heavy atom. The molecule has 4 aromatic rings. The standard InChI is InChI=1S/C21H18F2N6O3S2.C2HF3O2/c1-11(16-9-25-10-26-16)29-34(31,32)13-7-5-12(6-8-13)27-21-28-20(24)19(33-21)18(30)17-14(22)3-2-4-15(17)23;3-2(4,5)1(6)7/h2-11,29H,24H2,1H3,(H,25,26)(H,27,28);(H,6,7). The number of carbonyl (C=O) groups excluding carboxylic acids is 1. The van der Waals surface area contributed by atoms with E-state index in [4.69, 9.17) is 15.6 Å². The van der Waals surface area contributed by atoms with Crippen LogP contribution in [0.4, 0.5) is 38.6 Å². The molecule has 0 bridgehead atoms. The van der Waals surface area contributed by atoms with Crippen LogP contribution in [-0.4, -0.2) is 46.4 Å². The molecule has 0 saturated heterocycles. The van der Waals surface area contributed by atoms with Crippen molar-refractivity contribution in [2.75, 3.05) is 11.1 Å². The Balaban J connectivity index is 0.000000587. The summed E-state index contributed by atoms with van der Waals surface area (Å²) in [5, 5.41) is 10.2. The Morgan fingerprint density at radius 3 is 2.20 bits per heavy atom. The van der Waals surface area contributed by atoms with Gasteiger partial charge in [0.05, 0.1) is 28.5 Å². The van der Waals surface area contributed by atoms with E-state index in [2.05, 4.69) is 25.0 Å². The fraction of sp³-hybridized carbons (Fsp3) is 0.130. The van der Waals surface area contributed by atoms with Gasteiger partial charge in [-0.15, -0.1) is 0 Å². The molecule has 218 valence electrons. The highest BCUT2D eigenvalue weighted by molar-refractivity contribution is 7.89. The average molecular weight is 619 g/mol. The number of carboxylic acid groups (broad SMARTS) is 1. The Bertz CT molecular complexity index is 1620. The summed E-state index contributed by atoms with van der Waals surface area (Å²) in [6.45, 7) is 1.68. The maximum Gasteiger partial charge on any atom is 0.490 e. The third kappa shape index (κ3) is 7.83. The fourth-order valence-electron chi connectivity index (χ4n) is 3.08. The number of benzene rings is 2. The molecule has 0 aliphatic rings. The highest BCUT2D eigenvalue weighted by atomic mass is 32.2. The first kappa shape index (κ1) is 31.1. The first-order valence-electron chi connectivity index (χ1n) is 11.0. The molecule has 0 amide bonds. The zero-order valence-electron chi connectivity index (χ0n) is 20.5. The van der Waals surface area contributed by atoms with Crippen molar-refractivity contribution in [3.8, 4) is 0 Å². The number of nitrogens with two attached hydrogens (primary N) is 1. The lowest BCUT2D eigenvalue weighted by molar-refractivity contribution is -0.192. The van der Waals surface area contributed by atoms with Crippen LogP contribution in [0.5, 0.6) is 0 Å². The highest BCUT2D eigenvalue weighted by Gasteiger charge is 2.38. The van der Waals surface area contributed by atoms with Gasteiger partial charge in [-0.25, -0.2) is 36.7 Å². The smallest absolute Gasteiger partial charge is 0.475 e. The Hall–Kier alpha value is -4.42. The van der Waals surface area contributed by atoms with Gasteiger partial charge in [0, 0.05) is 11.9 Å². The summed E-state index contributed by atoms with van der Waals surface area (Å²) >= 11 is 0.821. The molecule has 1 unspecified atom stereocenters. The summed E-state index contributed by atoms with van der Waals surface area (Å²) in [5.74, 6) is -5.86. The van der Waals surface area contributed by atoms with Crippen LogP contribution in [0.1, 0.15) is 33.9 Å². The molecule has 41 heavy (non-hydrogen) atoms. The lowest BCUT2D eigenvalue weighted by atomic mass is 10.1. The quantitative estimate of drug-likeness (QED) is 0.142. The van der Waals surface area contributed by atoms with Gasteiger partial charge in [-0.1, -0.05) is 17.4 Å². The van der Waals surface area contributed by atoms with Gasteiger partial charge in [0.2, 0.25) is 15.8 Å². The van der Waals surface area contributed by atoms with Crippen molar-refractivity contribution in [2.24, 2.45) is 0 Å². The molecule has 2 aromatic carbocycles. The number of ketones is 1. The summed E-state index contributed by atoms with van der Waals surface area (Å²) < 4.78 is 87.5. The van der Waals surface area contributed by atoms with E-state index < -0.39 is 51.2 Å². The van der Waals surface area contributed by atoms with Crippen LogP contribution in [0.25, 0.3) is 0 Å². The number of rotatable bonds is 8. The molecule has 18 heteroatoms. The van der Waals surface area contributed by atoms with E-state index >= 15 is 0 Å². The number of nitrogens with zero attached hydrogens (tertiary/aromatic N) is 2. The summed E-state index contributed by atoms with van der Waals surface area (Å²) in [7, 11) is -3.80. The minimum atomic E-state index is -5.08. The van der Waals surface area contributed by atoms with E-state index in [9.17, 15) is 35.2 Å². The monoisotopic (exact) mass is 618 g/mol. The first-order chi connectivity index (χ1) is 19.1. The molecule has 0 radical (unpaired) electrons. The predicted octanol–water partition coefficient (Wildman–Crippen LogP) is 4.37. The van der Waals surface area contributed by atoms with Crippen molar-refractivity contribution >= 4 is 49.7 Å². The zero-order chi connectivity index (χ0) is 30.5. The summed E-state index contributed by atoms with van der Waals surface area (Å²) in [6, 6.07) is 8.39. The highest BCUT2D eigenvalue weighted by Crippen LogP contribution is 2.31. The number of nitrogen functional groups attached to an aromatic ring is 1. The number of hydrogen-bond acceptors (Lipinski definition) is 9. The minimum Gasteiger partial charge on any atom is -0.475 e. The van der Waals surface area contributed by atoms with Crippen LogP contribution in [0, 0.1) is 11.6 Å². The third-order valence-electron chi connectivity index (χ3n) is 5.03. The van der Waals surface area contributed by atoms with Gasteiger partial charge in [-0.3, -0.25) is 4.79 Å². The molecule has 0 saturated carbocycles. The normalized spacial score (nSPS) is 12.2. The van der Waals surface area contributed by atoms with Crippen LogP contribution in [0.2, 0.25) is 0 Å². The number of aliphatic carboxylic acids is 1. The molecule has 11 nitrogen and oxygen atoms in total. The third-order valence-corrected chi connectivity index (χ3v) is 7.57. The summed E-state index contributed by atoms with van der Waals surface area (Å²) in [6.07, 6.45) is -2.10. The molecule has 2 heterocycles. The number of aromatic amines is 1. The van der Waals surface area contributed by atoms with Crippen LogP contribution in [-0.2, 0) is 14.8 Å². The number of nitrogens with one attached hydrogen (secondary N) is 3. The number of anilines is 3. The van der Waals surface area contributed by atoms with Crippen LogP contribution < -0.4 is 15.8 Å². The second-order valence-electron chi connectivity index (χ2n) is 7.96.